The van der Waals surface area contributed by atoms with Gasteiger partial charge < -0.3 is 8.91 Å². The molecule has 0 saturated heterocycles. The minimum Gasteiger partial charge on any atom is -0.373 e. The van der Waals surface area contributed by atoms with Crippen LogP contribution in [0.4, 0.5) is 0 Å². The van der Waals surface area contributed by atoms with Gasteiger partial charge in [0, 0.05) is 0 Å². The van der Waals surface area contributed by atoms with Crippen molar-refractivity contribution in [1.29, 1.82) is 0 Å². The van der Waals surface area contributed by atoms with Crippen LogP contribution in [0, 0.1) is 0 Å². The van der Waals surface area contributed by atoms with Crippen LogP contribution in [0.3, 0.4) is 0 Å². The fourth-order valence-electron chi connectivity index (χ4n) is 3.71. The first-order chi connectivity index (χ1) is 14.0. The summed E-state index contributed by atoms with van der Waals surface area (Å²) >= 11 is 0. The molecule has 0 aliphatic carbocycles. The van der Waals surface area contributed by atoms with Gasteiger partial charge in [0.25, 0.3) is 0 Å². The molecule has 0 spiro atoms. The molecule has 0 fully saturated rings. The number of rotatable bonds is 20. The van der Waals surface area contributed by atoms with Gasteiger partial charge in [0.1, 0.15) is 0 Å². The van der Waals surface area contributed by atoms with E-state index in [0.29, 0.717) is 5.04 Å². The van der Waals surface area contributed by atoms with Crippen molar-refractivity contribution >= 4 is 8.32 Å². The average Bonchev–Trinajstić information content (AvgIpc) is 2.65. The maximum atomic E-state index is 6.45. The van der Waals surface area contributed by atoms with E-state index in [1.807, 2.05) is 0 Å². The average molecular weight is 443 g/mol. The third-order valence-corrected chi connectivity index (χ3v) is 11.7. The smallest absolute Gasteiger partial charge is 0.199 e. The lowest BCUT2D eigenvalue weighted by Gasteiger charge is -2.39. The van der Waals surface area contributed by atoms with Gasteiger partial charge in [-0.3, -0.25) is 0 Å². The molecular formula is C27H60NOSi+. The summed E-state index contributed by atoms with van der Waals surface area (Å²) < 4.78 is 7.45. The van der Waals surface area contributed by atoms with E-state index in [0.717, 1.165) is 11.2 Å². The predicted molar refractivity (Wildman–Crippen MR) is 140 cm³/mol. The van der Waals surface area contributed by atoms with Gasteiger partial charge in [-0.25, -0.2) is 0 Å². The summed E-state index contributed by atoms with van der Waals surface area (Å²) in [4.78, 5) is 0. The zero-order chi connectivity index (χ0) is 22.9. The summed E-state index contributed by atoms with van der Waals surface area (Å²) in [5, 5.41) is 0.307. The van der Waals surface area contributed by atoms with Crippen LogP contribution >= 0.6 is 0 Å². The summed E-state index contributed by atoms with van der Waals surface area (Å²) in [5.41, 5.74) is 0. The number of nitrogens with zero attached hydrogens (tertiary/aromatic N) is 1. The van der Waals surface area contributed by atoms with E-state index in [-0.39, 0.29) is 0 Å². The molecule has 0 aromatic rings. The minimum absolute atomic E-state index is 0.307. The molecule has 30 heavy (non-hydrogen) atoms. The first-order valence-electron chi connectivity index (χ1n) is 13.5. The molecule has 0 aromatic heterocycles. The standard InChI is InChI=1S/C27H60NOSi/c1-9-10-11-12-13-14-15-16-17-18-19-20-21-22-23-24-25-28(5,6)26-29-30(7,8)27(2,3)4/h9-26H2,1-8H3/q+1. The van der Waals surface area contributed by atoms with Crippen LogP contribution in [-0.4, -0.2) is 40.2 Å². The Morgan fingerprint density at radius 1 is 0.600 bits per heavy atom. The van der Waals surface area contributed by atoms with Crippen molar-refractivity contribution in [3.05, 3.63) is 0 Å². The molecule has 182 valence electrons. The highest BCUT2D eigenvalue weighted by Crippen LogP contribution is 2.36. The second-order valence-electron chi connectivity index (χ2n) is 12.0. The van der Waals surface area contributed by atoms with Crippen LogP contribution in [0.2, 0.25) is 18.1 Å². The number of hydrogen-bond acceptors (Lipinski definition) is 1. The molecule has 0 amide bonds. The maximum Gasteiger partial charge on any atom is 0.199 e. The van der Waals surface area contributed by atoms with Gasteiger partial charge >= 0.3 is 0 Å². The second-order valence-corrected chi connectivity index (χ2v) is 16.8. The SMILES string of the molecule is CCCCCCCCCCCCCCCCCC[N+](C)(C)CO[Si](C)(C)C(C)(C)C. The van der Waals surface area contributed by atoms with Crippen molar-refractivity contribution in [3.63, 3.8) is 0 Å². The lowest BCUT2D eigenvalue weighted by Crippen LogP contribution is -2.49. The van der Waals surface area contributed by atoms with E-state index >= 15 is 0 Å². The quantitative estimate of drug-likeness (QED) is 0.0789. The van der Waals surface area contributed by atoms with Crippen LogP contribution in [0.15, 0.2) is 0 Å². The van der Waals surface area contributed by atoms with Crippen molar-refractivity contribution in [2.45, 2.75) is 149 Å². The zero-order valence-electron chi connectivity index (χ0n) is 22.6. The van der Waals surface area contributed by atoms with Crippen LogP contribution in [0.1, 0.15) is 130 Å². The topological polar surface area (TPSA) is 9.23 Å². The summed E-state index contributed by atoms with van der Waals surface area (Å²) in [6.07, 6.45) is 23.0. The predicted octanol–water partition coefficient (Wildman–Crippen LogP) is 9.30. The molecule has 0 N–H and O–H groups in total. The van der Waals surface area contributed by atoms with E-state index < -0.39 is 8.32 Å². The Morgan fingerprint density at radius 3 is 1.27 bits per heavy atom. The van der Waals surface area contributed by atoms with E-state index in [2.05, 4.69) is 54.9 Å². The van der Waals surface area contributed by atoms with Crippen LogP contribution in [-0.2, 0) is 4.43 Å². The molecule has 0 rings (SSSR count). The van der Waals surface area contributed by atoms with Crippen LogP contribution < -0.4 is 0 Å². The van der Waals surface area contributed by atoms with Gasteiger partial charge in [0.05, 0.1) is 20.6 Å². The van der Waals surface area contributed by atoms with Crippen molar-refractivity contribution < 1.29 is 8.91 Å². The maximum absolute atomic E-state index is 6.45. The number of quaternary nitrogens is 1. The number of hydrogen-bond donors (Lipinski definition) is 0. The van der Waals surface area contributed by atoms with Gasteiger partial charge in [0.15, 0.2) is 15.0 Å². The highest BCUT2D eigenvalue weighted by molar-refractivity contribution is 6.74. The molecule has 0 atom stereocenters. The van der Waals surface area contributed by atoms with Gasteiger partial charge in [-0.1, -0.05) is 118 Å². The van der Waals surface area contributed by atoms with Crippen molar-refractivity contribution in [2.75, 3.05) is 27.4 Å². The van der Waals surface area contributed by atoms with Crippen molar-refractivity contribution in [1.82, 2.24) is 0 Å². The lowest BCUT2D eigenvalue weighted by molar-refractivity contribution is -0.906. The second kappa shape index (κ2) is 16.7. The largest absolute Gasteiger partial charge is 0.373 e. The Bertz CT molecular complexity index is 387. The summed E-state index contributed by atoms with van der Waals surface area (Å²) in [6, 6.07) is 0. The monoisotopic (exact) mass is 442 g/mol. The van der Waals surface area contributed by atoms with Crippen molar-refractivity contribution in [3.8, 4) is 0 Å². The van der Waals surface area contributed by atoms with Crippen LogP contribution in [0.5, 0.6) is 0 Å². The first-order valence-corrected chi connectivity index (χ1v) is 16.4. The summed E-state index contributed by atoms with van der Waals surface area (Å²) in [5.74, 6) is 0. The molecule has 0 bridgehead atoms. The Labute approximate surface area is 193 Å². The third-order valence-electron chi connectivity index (χ3n) is 7.20. The molecule has 0 unspecified atom stereocenters. The lowest BCUT2D eigenvalue weighted by atomic mass is 10.0. The molecular weight excluding hydrogens is 382 g/mol. The van der Waals surface area contributed by atoms with Crippen LogP contribution in [0.25, 0.3) is 0 Å². The normalized spacial score (nSPS) is 13.2. The van der Waals surface area contributed by atoms with E-state index in [9.17, 15) is 0 Å². The fourth-order valence-corrected chi connectivity index (χ4v) is 4.81. The van der Waals surface area contributed by atoms with Gasteiger partial charge in [-0.05, 0) is 31.0 Å². The van der Waals surface area contributed by atoms with Gasteiger partial charge in [0.2, 0.25) is 0 Å². The third kappa shape index (κ3) is 16.8. The summed E-state index contributed by atoms with van der Waals surface area (Å²) in [6.45, 7) is 16.1. The Morgan fingerprint density at radius 2 is 0.933 bits per heavy atom. The summed E-state index contributed by atoms with van der Waals surface area (Å²) in [7, 11) is 3.04. The molecule has 0 saturated carbocycles. The molecule has 2 nitrogen and oxygen atoms in total. The van der Waals surface area contributed by atoms with Gasteiger partial charge in [-0.2, -0.15) is 0 Å². The number of unbranched alkanes of at least 4 members (excludes halogenated alkanes) is 15. The molecule has 3 heteroatoms. The highest BCUT2D eigenvalue weighted by Gasteiger charge is 2.38. The van der Waals surface area contributed by atoms with E-state index in [4.69, 9.17) is 4.43 Å². The molecule has 0 aliphatic heterocycles. The van der Waals surface area contributed by atoms with E-state index in [1.54, 1.807) is 0 Å². The Hall–Kier alpha value is 0.137. The highest BCUT2D eigenvalue weighted by atomic mass is 28.4. The molecule has 0 aliphatic rings. The van der Waals surface area contributed by atoms with Crippen molar-refractivity contribution in [2.24, 2.45) is 0 Å². The van der Waals surface area contributed by atoms with E-state index in [1.165, 1.54) is 109 Å². The zero-order valence-corrected chi connectivity index (χ0v) is 23.6. The Kier molecular flexibility index (Phi) is 16.8. The molecule has 0 aromatic carbocycles. The minimum atomic E-state index is -1.62. The van der Waals surface area contributed by atoms with Gasteiger partial charge in [-0.15, -0.1) is 0 Å². The molecule has 0 heterocycles. The fraction of sp³-hybridized carbons (Fsp3) is 1.00. The first kappa shape index (κ1) is 30.1. The molecule has 0 radical (unpaired) electrons. The Balaban J connectivity index is 3.48.